The maximum atomic E-state index is 12.8. The van der Waals surface area contributed by atoms with E-state index in [2.05, 4.69) is 20.9 Å². The number of hydrogen-bond acceptors (Lipinski definition) is 5. The molecule has 4 rings (SSSR count). The molecule has 38 heavy (non-hydrogen) atoms. The first kappa shape index (κ1) is 27.4. The predicted octanol–water partition coefficient (Wildman–Crippen LogP) is 3.16. The number of nitrogens with zero attached hydrogens (tertiary/aromatic N) is 1. The highest BCUT2D eigenvalue weighted by molar-refractivity contribution is 5.96. The first-order valence-electron chi connectivity index (χ1n) is 12.2. The van der Waals surface area contributed by atoms with Crippen LogP contribution in [0.3, 0.4) is 0 Å². The van der Waals surface area contributed by atoms with Gasteiger partial charge in [-0.15, -0.1) is 0 Å². The molecule has 2 aromatic carbocycles. The van der Waals surface area contributed by atoms with Crippen LogP contribution in [0.25, 0.3) is 0 Å². The quantitative estimate of drug-likeness (QED) is 0.371. The molecule has 9 nitrogen and oxygen atoms in total. The monoisotopic (exact) mass is 534 g/mol. The second kappa shape index (κ2) is 11.0. The molecule has 5 N–H and O–H groups in total. The number of halogens is 3. The Labute approximate surface area is 217 Å². The zero-order valence-electron chi connectivity index (χ0n) is 20.4. The molecule has 204 valence electrons. The summed E-state index contributed by atoms with van der Waals surface area (Å²) < 4.78 is 38.5. The molecule has 0 bridgehead atoms. The molecule has 1 aliphatic carbocycles. The molecule has 12 heteroatoms. The van der Waals surface area contributed by atoms with E-state index in [1.54, 1.807) is 24.3 Å². The maximum absolute atomic E-state index is 12.8. The molecule has 0 atom stereocenters. The van der Waals surface area contributed by atoms with Crippen LogP contribution in [0.5, 0.6) is 0 Å². The van der Waals surface area contributed by atoms with Gasteiger partial charge in [0.1, 0.15) is 0 Å². The number of benzene rings is 2. The van der Waals surface area contributed by atoms with Crippen molar-refractivity contribution >= 4 is 23.6 Å². The van der Waals surface area contributed by atoms with Crippen LogP contribution in [-0.2, 0) is 16.6 Å². The van der Waals surface area contributed by atoms with E-state index in [0.29, 0.717) is 37.2 Å². The number of alkyl halides is 3. The minimum absolute atomic E-state index is 0.104. The highest BCUT2D eigenvalue weighted by Crippen LogP contribution is 2.40. The molecule has 1 saturated heterocycles. The number of carboxylic acid groups (broad SMARTS) is 1. The number of amides is 3. The van der Waals surface area contributed by atoms with Gasteiger partial charge in [0.05, 0.1) is 23.8 Å². The van der Waals surface area contributed by atoms with Gasteiger partial charge in [-0.2, -0.15) is 13.2 Å². The molecule has 1 aliphatic heterocycles. The van der Waals surface area contributed by atoms with E-state index in [9.17, 15) is 32.7 Å². The minimum atomic E-state index is -4.56. The fraction of sp³-hybridized carbons (Fsp3) is 0.423. The molecular weight excluding hydrogens is 505 g/mol. The Hall–Kier alpha value is -3.64. The molecule has 1 saturated carbocycles. The van der Waals surface area contributed by atoms with Crippen LogP contribution in [0.1, 0.15) is 47.2 Å². The van der Waals surface area contributed by atoms with Crippen LogP contribution in [0.2, 0.25) is 0 Å². The fourth-order valence-corrected chi connectivity index (χ4v) is 5.02. The van der Waals surface area contributed by atoms with E-state index in [1.807, 2.05) is 0 Å². The number of hydrogen-bond donors (Lipinski definition) is 5. The highest BCUT2D eigenvalue weighted by atomic mass is 19.4. The smallest absolute Gasteiger partial charge is 0.416 e. The number of anilines is 1. The lowest BCUT2D eigenvalue weighted by molar-refractivity contribution is -0.137. The lowest BCUT2D eigenvalue weighted by Gasteiger charge is -2.48. The Morgan fingerprint density at radius 2 is 1.71 bits per heavy atom. The van der Waals surface area contributed by atoms with Gasteiger partial charge in [0.15, 0.2) is 0 Å². The van der Waals surface area contributed by atoms with E-state index in [-0.39, 0.29) is 24.2 Å². The van der Waals surface area contributed by atoms with Crippen LogP contribution in [0, 0.1) is 0 Å². The molecule has 0 spiro atoms. The standard InChI is InChI=1S/C26H29F3N4O5/c27-26(28,29)18-5-1-3-16(11-18)23(35)30-13-22(34)31-20-14-33(15-20)21-7-9-25(38,10-8-21)17-4-2-6-19(12-17)32-24(36)37/h1-6,11-12,20-21,32,38H,7-10,13-15H2,(H,30,35)(H,31,34)(H,36,37). The highest BCUT2D eigenvalue weighted by Gasteiger charge is 2.40. The predicted molar refractivity (Wildman–Crippen MR) is 132 cm³/mol. The number of nitrogens with one attached hydrogen (secondary N) is 3. The fourth-order valence-electron chi connectivity index (χ4n) is 5.02. The largest absolute Gasteiger partial charge is 0.465 e. The number of aliphatic hydroxyl groups is 1. The summed E-state index contributed by atoms with van der Waals surface area (Å²) >= 11 is 0. The van der Waals surface area contributed by atoms with Crippen LogP contribution >= 0.6 is 0 Å². The molecule has 0 aromatic heterocycles. The van der Waals surface area contributed by atoms with Crippen LogP contribution < -0.4 is 16.0 Å². The lowest BCUT2D eigenvalue weighted by Crippen LogP contribution is -2.63. The van der Waals surface area contributed by atoms with Crippen LogP contribution in [0.4, 0.5) is 23.7 Å². The number of carbonyl (C=O) groups is 3. The van der Waals surface area contributed by atoms with Gasteiger partial charge >= 0.3 is 12.3 Å². The molecule has 0 unspecified atom stereocenters. The van der Waals surface area contributed by atoms with Gasteiger partial charge < -0.3 is 20.8 Å². The van der Waals surface area contributed by atoms with Crippen molar-refractivity contribution in [1.82, 2.24) is 15.5 Å². The van der Waals surface area contributed by atoms with Crippen molar-refractivity contribution in [2.75, 3.05) is 25.0 Å². The van der Waals surface area contributed by atoms with Crippen LogP contribution in [0.15, 0.2) is 48.5 Å². The molecule has 2 aliphatic rings. The Balaban J connectivity index is 1.19. The second-order valence-corrected chi connectivity index (χ2v) is 9.75. The summed E-state index contributed by atoms with van der Waals surface area (Å²) in [7, 11) is 0. The Morgan fingerprint density at radius 1 is 1.03 bits per heavy atom. The molecule has 2 aromatic rings. The third kappa shape index (κ3) is 6.62. The second-order valence-electron chi connectivity index (χ2n) is 9.75. The maximum Gasteiger partial charge on any atom is 0.416 e. The van der Waals surface area contributed by atoms with Gasteiger partial charge in [-0.05, 0) is 61.6 Å². The van der Waals surface area contributed by atoms with Gasteiger partial charge in [0, 0.05) is 30.4 Å². The Morgan fingerprint density at radius 3 is 2.37 bits per heavy atom. The van der Waals surface area contributed by atoms with Crippen molar-refractivity contribution in [1.29, 1.82) is 0 Å². The van der Waals surface area contributed by atoms with E-state index >= 15 is 0 Å². The normalized spacial score (nSPS) is 22.3. The summed E-state index contributed by atoms with van der Waals surface area (Å²) in [5.41, 5.74) is -1.08. The van der Waals surface area contributed by atoms with Gasteiger partial charge in [0.2, 0.25) is 5.91 Å². The first-order valence-corrected chi connectivity index (χ1v) is 12.2. The average molecular weight is 535 g/mol. The molecule has 1 heterocycles. The topological polar surface area (TPSA) is 131 Å². The third-order valence-corrected chi connectivity index (χ3v) is 7.09. The Bertz CT molecular complexity index is 1190. The van der Waals surface area contributed by atoms with E-state index < -0.39 is 35.2 Å². The summed E-state index contributed by atoms with van der Waals surface area (Å²) in [5, 5.41) is 27.5. The van der Waals surface area contributed by atoms with Gasteiger partial charge in [-0.3, -0.25) is 19.8 Å². The van der Waals surface area contributed by atoms with Crippen molar-refractivity contribution in [3.8, 4) is 0 Å². The molecule has 3 amide bonds. The van der Waals surface area contributed by atoms with Gasteiger partial charge in [-0.1, -0.05) is 18.2 Å². The summed E-state index contributed by atoms with van der Waals surface area (Å²) in [6, 6.07) is 10.9. The van der Waals surface area contributed by atoms with E-state index in [1.165, 1.54) is 6.07 Å². The van der Waals surface area contributed by atoms with Gasteiger partial charge in [0.25, 0.3) is 5.91 Å². The number of carbonyl (C=O) groups excluding carboxylic acids is 2. The van der Waals surface area contributed by atoms with Crippen molar-refractivity contribution in [3.05, 3.63) is 65.2 Å². The summed E-state index contributed by atoms with van der Waals surface area (Å²) in [4.78, 5) is 37.5. The van der Waals surface area contributed by atoms with Crippen molar-refractivity contribution in [3.63, 3.8) is 0 Å². The number of likely N-dealkylation sites (tertiary alicyclic amines) is 1. The number of rotatable bonds is 7. The summed E-state index contributed by atoms with van der Waals surface area (Å²) in [6.07, 6.45) is -3.23. The van der Waals surface area contributed by atoms with Crippen LogP contribution in [-0.4, -0.2) is 64.7 Å². The van der Waals surface area contributed by atoms with Crippen molar-refractivity contribution < 1.29 is 37.8 Å². The molecular formula is C26H29F3N4O5. The summed E-state index contributed by atoms with van der Waals surface area (Å²) in [6.45, 7) is 0.890. The third-order valence-electron chi connectivity index (χ3n) is 7.09. The molecule has 0 radical (unpaired) electrons. The first-order chi connectivity index (χ1) is 17.9. The van der Waals surface area contributed by atoms with E-state index in [4.69, 9.17) is 5.11 Å². The average Bonchev–Trinajstić information content (AvgIpc) is 2.84. The SMILES string of the molecule is O=C(O)Nc1cccc(C2(O)CCC(N3CC(NC(=O)CNC(=O)c4cccc(C(F)(F)F)c4)C3)CC2)c1. The lowest BCUT2D eigenvalue weighted by atomic mass is 9.76. The van der Waals surface area contributed by atoms with E-state index in [0.717, 1.165) is 31.0 Å². The van der Waals surface area contributed by atoms with Crippen molar-refractivity contribution in [2.24, 2.45) is 0 Å². The molecule has 2 fully saturated rings. The van der Waals surface area contributed by atoms with Gasteiger partial charge in [-0.25, -0.2) is 4.79 Å². The zero-order chi connectivity index (χ0) is 27.5. The van der Waals surface area contributed by atoms with Crippen molar-refractivity contribution in [2.45, 2.75) is 49.5 Å². The minimum Gasteiger partial charge on any atom is -0.465 e. The summed E-state index contributed by atoms with van der Waals surface area (Å²) in [5.74, 6) is -1.19. The zero-order valence-corrected chi connectivity index (χ0v) is 20.4. The Kier molecular flexibility index (Phi) is 7.93.